The molecule has 0 heterocycles. The number of hydrogen-bond acceptors (Lipinski definition) is 3. The van der Waals surface area contributed by atoms with Gasteiger partial charge in [-0.3, -0.25) is 0 Å². The van der Waals surface area contributed by atoms with Crippen LogP contribution in [0.2, 0.25) is 0 Å². The second kappa shape index (κ2) is 7.92. The van der Waals surface area contributed by atoms with Gasteiger partial charge in [0.05, 0.1) is 12.2 Å². The molecule has 0 amide bonds. The van der Waals surface area contributed by atoms with Crippen molar-refractivity contribution in [2.45, 2.75) is 70.1 Å². The van der Waals surface area contributed by atoms with Gasteiger partial charge in [0.25, 0.3) is 0 Å². The van der Waals surface area contributed by atoms with Crippen molar-refractivity contribution in [3.05, 3.63) is 35.4 Å². The predicted molar refractivity (Wildman–Crippen MR) is 86.4 cm³/mol. The minimum atomic E-state index is -0.512. The average molecular weight is 291 g/mol. The maximum absolute atomic E-state index is 10.3. The lowest BCUT2D eigenvalue weighted by Gasteiger charge is -2.23. The van der Waals surface area contributed by atoms with Gasteiger partial charge in [-0.15, -0.1) is 0 Å². The molecule has 0 aromatic heterocycles. The fourth-order valence-electron chi connectivity index (χ4n) is 3.01. The number of aliphatic hydroxyl groups is 2. The molecule has 0 saturated heterocycles. The van der Waals surface area contributed by atoms with Crippen LogP contribution in [0.3, 0.4) is 0 Å². The summed E-state index contributed by atoms with van der Waals surface area (Å²) in [7, 11) is 0. The first-order chi connectivity index (χ1) is 10.1. The third-order valence-electron chi connectivity index (χ3n) is 4.54. The lowest BCUT2D eigenvalue weighted by Crippen LogP contribution is -2.41. The normalized spacial score (nSPS) is 24.8. The van der Waals surface area contributed by atoms with Crippen molar-refractivity contribution < 1.29 is 10.2 Å². The number of nitrogens with one attached hydrogen (secondary N) is 1. The molecule has 0 bridgehead atoms. The first-order valence-electron chi connectivity index (χ1n) is 8.27. The van der Waals surface area contributed by atoms with Crippen LogP contribution in [0.15, 0.2) is 24.3 Å². The molecule has 3 N–H and O–H groups in total. The van der Waals surface area contributed by atoms with E-state index in [9.17, 15) is 10.2 Å². The van der Waals surface area contributed by atoms with E-state index >= 15 is 0 Å². The molecule has 2 rings (SSSR count). The summed E-state index contributed by atoms with van der Waals surface area (Å²) in [5.41, 5.74) is 2.23. The van der Waals surface area contributed by atoms with Crippen molar-refractivity contribution in [2.75, 3.05) is 6.54 Å². The molecule has 1 aliphatic rings. The Labute approximate surface area is 128 Å². The first kappa shape index (κ1) is 16.5. The fraction of sp³-hybridized carbons (Fsp3) is 0.667. The summed E-state index contributed by atoms with van der Waals surface area (Å²) in [4.78, 5) is 0. The molecule has 3 unspecified atom stereocenters. The monoisotopic (exact) mass is 291 g/mol. The van der Waals surface area contributed by atoms with Gasteiger partial charge < -0.3 is 15.5 Å². The molecule has 1 fully saturated rings. The standard InChI is InChI=1S/C18H29NO2/c1-13(2)14-8-10-15(11-9-14)18(21)12-19-16-6-4-3-5-7-17(16)20/h8-11,13,16-21H,3-7,12H2,1-2H3. The van der Waals surface area contributed by atoms with Crippen molar-refractivity contribution >= 4 is 0 Å². The summed E-state index contributed by atoms with van der Waals surface area (Å²) in [5.74, 6) is 0.510. The van der Waals surface area contributed by atoms with Gasteiger partial charge in [0.1, 0.15) is 0 Å². The van der Waals surface area contributed by atoms with Gasteiger partial charge in [0.15, 0.2) is 0 Å². The van der Waals surface area contributed by atoms with Gasteiger partial charge in [-0.25, -0.2) is 0 Å². The van der Waals surface area contributed by atoms with Gasteiger partial charge in [-0.1, -0.05) is 57.4 Å². The quantitative estimate of drug-likeness (QED) is 0.731. The van der Waals surface area contributed by atoms with Crippen molar-refractivity contribution in [3.63, 3.8) is 0 Å². The highest BCUT2D eigenvalue weighted by atomic mass is 16.3. The fourth-order valence-corrected chi connectivity index (χ4v) is 3.01. The molecule has 1 saturated carbocycles. The van der Waals surface area contributed by atoms with Crippen molar-refractivity contribution in [2.24, 2.45) is 0 Å². The highest BCUT2D eigenvalue weighted by molar-refractivity contribution is 5.26. The Hall–Kier alpha value is -0.900. The summed E-state index contributed by atoms with van der Waals surface area (Å²) >= 11 is 0. The van der Waals surface area contributed by atoms with Crippen molar-refractivity contribution in [3.8, 4) is 0 Å². The van der Waals surface area contributed by atoms with Crippen LogP contribution in [0.4, 0.5) is 0 Å². The van der Waals surface area contributed by atoms with Gasteiger partial charge in [-0.2, -0.15) is 0 Å². The van der Waals surface area contributed by atoms with Crippen LogP contribution < -0.4 is 5.32 Å². The molecule has 3 atom stereocenters. The molecule has 21 heavy (non-hydrogen) atoms. The second-order valence-electron chi connectivity index (χ2n) is 6.56. The molecule has 3 nitrogen and oxygen atoms in total. The zero-order valence-corrected chi connectivity index (χ0v) is 13.3. The zero-order chi connectivity index (χ0) is 15.2. The Balaban J connectivity index is 1.87. The lowest BCUT2D eigenvalue weighted by molar-refractivity contribution is 0.104. The minimum absolute atomic E-state index is 0.122. The largest absolute Gasteiger partial charge is 0.392 e. The number of rotatable bonds is 5. The molecular formula is C18H29NO2. The number of aliphatic hydroxyl groups excluding tert-OH is 2. The van der Waals surface area contributed by atoms with E-state index in [2.05, 4.69) is 31.3 Å². The van der Waals surface area contributed by atoms with Gasteiger partial charge in [0.2, 0.25) is 0 Å². The SMILES string of the molecule is CC(C)c1ccc(C(O)CNC2CCCCCC2O)cc1. The maximum Gasteiger partial charge on any atom is 0.0914 e. The van der Waals surface area contributed by atoms with E-state index in [1.54, 1.807) is 0 Å². The number of benzene rings is 1. The summed E-state index contributed by atoms with van der Waals surface area (Å²) in [6.45, 7) is 4.84. The second-order valence-corrected chi connectivity index (χ2v) is 6.56. The summed E-state index contributed by atoms with van der Waals surface area (Å²) in [5, 5.41) is 23.7. The number of hydrogen-bond donors (Lipinski definition) is 3. The molecule has 1 aliphatic carbocycles. The van der Waals surface area contributed by atoms with E-state index in [1.165, 1.54) is 12.0 Å². The van der Waals surface area contributed by atoms with Gasteiger partial charge >= 0.3 is 0 Å². The van der Waals surface area contributed by atoms with Gasteiger partial charge in [-0.05, 0) is 29.9 Å². The predicted octanol–water partition coefficient (Wildman–Crippen LogP) is 3.13. The Morgan fingerprint density at radius 1 is 1.05 bits per heavy atom. The Bertz CT molecular complexity index is 416. The van der Waals surface area contributed by atoms with E-state index in [0.717, 1.165) is 31.2 Å². The smallest absolute Gasteiger partial charge is 0.0914 e. The molecule has 118 valence electrons. The van der Waals surface area contributed by atoms with E-state index in [0.29, 0.717) is 12.5 Å². The average Bonchev–Trinajstić information content (AvgIpc) is 2.69. The molecule has 1 aromatic carbocycles. The van der Waals surface area contributed by atoms with E-state index < -0.39 is 6.10 Å². The highest BCUT2D eigenvalue weighted by Gasteiger charge is 2.22. The summed E-state index contributed by atoms with van der Waals surface area (Å²) in [6, 6.07) is 8.31. The Kier molecular flexibility index (Phi) is 6.22. The van der Waals surface area contributed by atoms with E-state index in [1.807, 2.05) is 12.1 Å². The molecule has 1 aromatic rings. The minimum Gasteiger partial charge on any atom is -0.392 e. The van der Waals surface area contributed by atoms with Crippen molar-refractivity contribution in [1.29, 1.82) is 0 Å². The van der Waals surface area contributed by atoms with Crippen LogP contribution >= 0.6 is 0 Å². The molecule has 0 aliphatic heterocycles. The third-order valence-corrected chi connectivity index (χ3v) is 4.54. The van der Waals surface area contributed by atoms with Crippen LogP contribution in [-0.2, 0) is 0 Å². The van der Waals surface area contributed by atoms with Crippen LogP contribution in [0, 0.1) is 0 Å². The molecule has 0 spiro atoms. The van der Waals surface area contributed by atoms with E-state index in [-0.39, 0.29) is 12.1 Å². The topological polar surface area (TPSA) is 52.5 Å². The molecule has 3 heteroatoms. The summed E-state index contributed by atoms with van der Waals surface area (Å²) < 4.78 is 0. The zero-order valence-electron chi connectivity index (χ0n) is 13.3. The molecule has 0 radical (unpaired) electrons. The Morgan fingerprint density at radius 3 is 2.33 bits per heavy atom. The summed E-state index contributed by atoms with van der Waals surface area (Å²) in [6.07, 6.45) is 4.56. The van der Waals surface area contributed by atoms with Crippen LogP contribution in [0.1, 0.15) is 69.1 Å². The Morgan fingerprint density at radius 2 is 1.67 bits per heavy atom. The molecular weight excluding hydrogens is 262 g/mol. The third kappa shape index (κ3) is 4.80. The van der Waals surface area contributed by atoms with Crippen LogP contribution in [0.5, 0.6) is 0 Å². The first-order valence-corrected chi connectivity index (χ1v) is 8.27. The van der Waals surface area contributed by atoms with Gasteiger partial charge in [0, 0.05) is 12.6 Å². The lowest BCUT2D eigenvalue weighted by atomic mass is 9.99. The highest BCUT2D eigenvalue weighted by Crippen LogP contribution is 2.21. The van der Waals surface area contributed by atoms with Crippen molar-refractivity contribution in [1.82, 2.24) is 5.32 Å². The van der Waals surface area contributed by atoms with Crippen LogP contribution in [-0.4, -0.2) is 28.9 Å². The van der Waals surface area contributed by atoms with Crippen LogP contribution in [0.25, 0.3) is 0 Å². The maximum atomic E-state index is 10.3. The van der Waals surface area contributed by atoms with E-state index in [4.69, 9.17) is 0 Å².